The van der Waals surface area contributed by atoms with Crippen LogP contribution < -0.4 is 4.74 Å². The summed E-state index contributed by atoms with van der Waals surface area (Å²) < 4.78 is 6.11. The van der Waals surface area contributed by atoms with Gasteiger partial charge in [-0.3, -0.25) is 4.90 Å². The summed E-state index contributed by atoms with van der Waals surface area (Å²) in [6.45, 7) is 7.76. The molecule has 20 heavy (non-hydrogen) atoms. The Bertz CT molecular complexity index is 430. The maximum atomic E-state index is 6.11. The van der Waals surface area contributed by atoms with Crippen LogP contribution in [0.4, 0.5) is 0 Å². The zero-order valence-electron chi connectivity index (χ0n) is 12.7. The first-order chi connectivity index (χ1) is 9.21. The van der Waals surface area contributed by atoms with Crippen molar-refractivity contribution in [3.8, 4) is 5.75 Å². The minimum atomic E-state index is 0. The smallest absolute Gasteiger partial charge is 0.125 e. The van der Waals surface area contributed by atoms with E-state index in [0.29, 0.717) is 5.54 Å². The van der Waals surface area contributed by atoms with Crippen LogP contribution in [0.5, 0.6) is 5.75 Å². The quantitative estimate of drug-likeness (QED) is 0.828. The minimum absolute atomic E-state index is 0. The van der Waals surface area contributed by atoms with E-state index in [1.54, 1.807) is 0 Å². The number of ether oxygens (including phenoxy) is 1. The average molecular weight is 296 g/mol. The fraction of sp³-hybridized carbons (Fsp3) is 0.647. The van der Waals surface area contributed by atoms with Crippen LogP contribution in [-0.4, -0.2) is 30.1 Å². The van der Waals surface area contributed by atoms with Crippen LogP contribution in [0.1, 0.15) is 43.2 Å². The molecular weight excluding hydrogens is 270 g/mol. The van der Waals surface area contributed by atoms with Gasteiger partial charge in [0, 0.05) is 5.54 Å². The van der Waals surface area contributed by atoms with E-state index < -0.39 is 0 Å². The highest BCUT2D eigenvalue weighted by Gasteiger charge is 2.43. The molecule has 0 saturated carbocycles. The van der Waals surface area contributed by atoms with E-state index in [9.17, 15) is 0 Å². The largest absolute Gasteiger partial charge is 0.493 e. The van der Waals surface area contributed by atoms with Gasteiger partial charge in [0.25, 0.3) is 0 Å². The zero-order chi connectivity index (χ0) is 13.3. The van der Waals surface area contributed by atoms with Gasteiger partial charge in [0.2, 0.25) is 0 Å². The van der Waals surface area contributed by atoms with Gasteiger partial charge < -0.3 is 4.74 Å². The lowest BCUT2D eigenvalue weighted by atomic mass is 9.91. The van der Waals surface area contributed by atoms with Crippen molar-refractivity contribution < 1.29 is 4.74 Å². The highest BCUT2D eigenvalue weighted by atomic mass is 35.5. The molecule has 2 saturated heterocycles. The fourth-order valence-corrected chi connectivity index (χ4v) is 4.00. The summed E-state index contributed by atoms with van der Waals surface area (Å²) in [5.74, 6) is 1.10. The summed E-state index contributed by atoms with van der Waals surface area (Å²) >= 11 is 0. The normalized spacial score (nSPS) is 20.5. The molecule has 0 unspecified atom stereocenters. The molecule has 0 aliphatic carbocycles. The number of para-hydroxylation sites is 1. The topological polar surface area (TPSA) is 12.5 Å². The van der Waals surface area contributed by atoms with Crippen molar-refractivity contribution in [1.82, 2.24) is 4.90 Å². The van der Waals surface area contributed by atoms with Gasteiger partial charge in [-0.15, -0.1) is 12.4 Å². The Morgan fingerprint density at radius 2 is 1.70 bits per heavy atom. The SMILES string of the molecule is Cc1cccc(C)c1OCCC12CCCN1CCC2.Cl. The van der Waals surface area contributed by atoms with Crippen LogP contribution in [0, 0.1) is 13.8 Å². The fourth-order valence-electron chi connectivity index (χ4n) is 4.00. The van der Waals surface area contributed by atoms with Crippen LogP contribution in [0.15, 0.2) is 18.2 Å². The van der Waals surface area contributed by atoms with Crippen LogP contribution in [0.25, 0.3) is 0 Å². The number of halogens is 1. The predicted molar refractivity (Wildman–Crippen MR) is 86.0 cm³/mol. The summed E-state index contributed by atoms with van der Waals surface area (Å²) in [6, 6.07) is 6.38. The summed E-state index contributed by atoms with van der Waals surface area (Å²) in [7, 11) is 0. The third-order valence-electron chi connectivity index (χ3n) is 5.03. The van der Waals surface area contributed by atoms with Crippen molar-refractivity contribution in [2.75, 3.05) is 19.7 Å². The standard InChI is InChI=1S/C17H25NO.ClH/c1-14-6-3-7-15(2)16(14)19-13-10-17-8-4-11-18(17)12-5-9-17;/h3,6-7H,4-5,8-13H2,1-2H3;1H. The first-order valence-electron chi connectivity index (χ1n) is 7.65. The lowest BCUT2D eigenvalue weighted by Crippen LogP contribution is -2.39. The molecule has 2 fully saturated rings. The Labute approximate surface area is 128 Å². The maximum absolute atomic E-state index is 6.11. The molecular formula is C17H26ClNO. The van der Waals surface area contributed by atoms with Crippen molar-refractivity contribution in [2.45, 2.75) is 51.5 Å². The molecule has 112 valence electrons. The second kappa shape index (κ2) is 6.36. The third kappa shape index (κ3) is 2.82. The first-order valence-corrected chi connectivity index (χ1v) is 7.65. The predicted octanol–water partition coefficient (Wildman–Crippen LogP) is 4.12. The Kier molecular flexibility index (Phi) is 4.98. The molecule has 2 aliphatic rings. The number of benzene rings is 1. The van der Waals surface area contributed by atoms with E-state index >= 15 is 0 Å². The number of hydrogen-bond donors (Lipinski definition) is 0. The molecule has 1 aromatic carbocycles. The summed E-state index contributed by atoms with van der Waals surface area (Å²) in [4.78, 5) is 2.71. The summed E-state index contributed by atoms with van der Waals surface area (Å²) in [6.07, 6.45) is 6.71. The molecule has 3 rings (SSSR count). The molecule has 0 bridgehead atoms. The van der Waals surface area contributed by atoms with Gasteiger partial charge in [-0.2, -0.15) is 0 Å². The van der Waals surface area contributed by atoms with Gasteiger partial charge in [-0.1, -0.05) is 18.2 Å². The third-order valence-corrected chi connectivity index (χ3v) is 5.03. The minimum Gasteiger partial charge on any atom is -0.493 e. The lowest BCUT2D eigenvalue weighted by molar-refractivity contribution is 0.149. The number of aryl methyl sites for hydroxylation is 2. The Balaban J connectivity index is 0.00000147. The van der Waals surface area contributed by atoms with Crippen LogP contribution in [0.2, 0.25) is 0 Å². The van der Waals surface area contributed by atoms with Gasteiger partial charge in [0.05, 0.1) is 6.61 Å². The Hall–Kier alpha value is -0.730. The van der Waals surface area contributed by atoms with E-state index in [1.165, 1.54) is 56.3 Å². The van der Waals surface area contributed by atoms with Gasteiger partial charge in [0.15, 0.2) is 0 Å². The number of nitrogens with zero attached hydrogens (tertiary/aromatic N) is 1. The second-order valence-corrected chi connectivity index (χ2v) is 6.24. The number of rotatable bonds is 4. The Morgan fingerprint density at radius 3 is 2.30 bits per heavy atom. The molecule has 0 atom stereocenters. The maximum Gasteiger partial charge on any atom is 0.125 e. The molecule has 2 aliphatic heterocycles. The molecule has 0 radical (unpaired) electrons. The molecule has 0 spiro atoms. The lowest BCUT2D eigenvalue weighted by Gasteiger charge is -2.32. The molecule has 0 amide bonds. The second-order valence-electron chi connectivity index (χ2n) is 6.24. The van der Waals surface area contributed by atoms with E-state index in [2.05, 4.69) is 36.9 Å². The average Bonchev–Trinajstić information content (AvgIpc) is 2.92. The van der Waals surface area contributed by atoms with Crippen LogP contribution in [0.3, 0.4) is 0 Å². The van der Waals surface area contributed by atoms with Crippen molar-refractivity contribution in [3.05, 3.63) is 29.3 Å². The highest BCUT2D eigenvalue weighted by molar-refractivity contribution is 5.85. The molecule has 2 nitrogen and oxygen atoms in total. The van der Waals surface area contributed by atoms with Crippen LogP contribution in [-0.2, 0) is 0 Å². The highest BCUT2D eigenvalue weighted by Crippen LogP contribution is 2.41. The summed E-state index contributed by atoms with van der Waals surface area (Å²) in [5.41, 5.74) is 3.00. The van der Waals surface area contributed by atoms with Gasteiger partial charge >= 0.3 is 0 Å². The van der Waals surface area contributed by atoms with Crippen molar-refractivity contribution >= 4 is 12.4 Å². The van der Waals surface area contributed by atoms with E-state index in [4.69, 9.17) is 4.74 Å². The first kappa shape index (κ1) is 15.7. The number of fused-ring (bicyclic) bond motifs is 1. The number of hydrogen-bond acceptors (Lipinski definition) is 2. The van der Waals surface area contributed by atoms with Crippen molar-refractivity contribution in [3.63, 3.8) is 0 Å². The van der Waals surface area contributed by atoms with Gasteiger partial charge in [-0.25, -0.2) is 0 Å². The molecule has 0 aromatic heterocycles. The van der Waals surface area contributed by atoms with E-state index in [0.717, 1.165) is 12.4 Å². The molecule has 1 aromatic rings. The molecule has 0 N–H and O–H groups in total. The van der Waals surface area contributed by atoms with E-state index in [1.807, 2.05) is 0 Å². The Morgan fingerprint density at radius 1 is 1.10 bits per heavy atom. The van der Waals surface area contributed by atoms with Gasteiger partial charge in [-0.05, 0) is 70.2 Å². The molecule has 2 heterocycles. The van der Waals surface area contributed by atoms with Crippen LogP contribution >= 0.6 is 12.4 Å². The monoisotopic (exact) mass is 295 g/mol. The van der Waals surface area contributed by atoms with Crippen molar-refractivity contribution in [1.29, 1.82) is 0 Å². The molecule has 3 heteroatoms. The van der Waals surface area contributed by atoms with E-state index in [-0.39, 0.29) is 12.4 Å². The van der Waals surface area contributed by atoms with Gasteiger partial charge in [0.1, 0.15) is 5.75 Å². The summed E-state index contributed by atoms with van der Waals surface area (Å²) in [5, 5.41) is 0. The zero-order valence-corrected chi connectivity index (χ0v) is 13.5. The van der Waals surface area contributed by atoms with Crippen molar-refractivity contribution in [2.24, 2.45) is 0 Å².